The van der Waals surface area contributed by atoms with E-state index in [1.165, 1.54) is 25.1 Å². The first kappa shape index (κ1) is 19.4. The Bertz CT molecular complexity index is 764. The van der Waals surface area contributed by atoms with E-state index in [9.17, 15) is 19.1 Å². The molecule has 1 atom stereocenters. The van der Waals surface area contributed by atoms with Gasteiger partial charge < -0.3 is 14.7 Å². The Kier molecular flexibility index (Phi) is 6.72. The lowest BCUT2D eigenvalue weighted by atomic mass is 10.0. The molecule has 6 heteroatoms. The minimum absolute atomic E-state index is 0.0131. The van der Waals surface area contributed by atoms with E-state index in [1.54, 1.807) is 12.1 Å². The van der Waals surface area contributed by atoms with Crippen LogP contribution in [0.2, 0.25) is 0 Å². The van der Waals surface area contributed by atoms with Crippen LogP contribution in [-0.4, -0.2) is 42.1 Å². The molecule has 0 aromatic heterocycles. The number of aryl methyl sites for hydroxylation is 1. The van der Waals surface area contributed by atoms with Gasteiger partial charge in [0.1, 0.15) is 6.04 Å². The Morgan fingerprint density at radius 2 is 1.85 bits per heavy atom. The zero-order valence-electron chi connectivity index (χ0n) is 14.8. The lowest BCUT2D eigenvalue weighted by Gasteiger charge is -2.25. The number of carbonyl (C=O) groups is 2. The zero-order valence-corrected chi connectivity index (χ0v) is 14.8. The molecule has 0 spiro atoms. The van der Waals surface area contributed by atoms with Gasteiger partial charge >= 0.3 is 5.97 Å². The van der Waals surface area contributed by atoms with E-state index in [2.05, 4.69) is 0 Å². The first-order chi connectivity index (χ1) is 12.4. The summed E-state index contributed by atoms with van der Waals surface area (Å²) in [6.07, 6.45) is 0.398. The van der Waals surface area contributed by atoms with Crippen molar-refractivity contribution < 1.29 is 23.8 Å². The minimum Gasteiger partial charge on any atom is -0.494 e. The standard InChI is InChI=1S/C20H22FNO4/c1-22(16(20(24)25)13-14-7-4-3-5-8-14)18(23)12-11-15-9-6-10-17(26-2)19(15)21/h3-10,16H,11-13H2,1-2H3,(H,24,25). The van der Waals surface area contributed by atoms with Crippen molar-refractivity contribution in [1.82, 2.24) is 4.90 Å². The molecule has 2 aromatic carbocycles. The Labute approximate surface area is 152 Å². The van der Waals surface area contributed by atoms with E-state index in [0.717, 1.165) is 5.56 Å². The van der Waals surface area contributed by atoms with Gasteiger partial charge in [0.05, 0.1) is 7.11 Å². The second kappa shape index (κ2) is 8.99. The third kappa shape index (κ3) is 4.81. The van der Waals surface area contributed by atoms with Crippen molar-refractivity contribution in [2.75, 3.05) is 14.2 Å². The molecule has 0 aliphatic rings. The summed E-state index contributed by atoms with van der Waals surface area (Å²) in [7, 11) is 2.84. The predicted octanol–water partition coefficient (Wildman–Crippen LogP) is 2.92. The van der Waals surface area contributed by atoms with Gasteiger partial charge in [0, 0.05) is 19.9 Å². The van der Waals surface area contributed by atoms with Crippen LogP contribution in [0.25, 0.3) is 0 Å². The fourth-order valence-corrected chi connectivity index (χ4v) is 2.73. The van der Waals surface area contributed by atoms with Gasteiger partial charge in [0.2, 0.25) is 5.91 Å². The number of carbonyl (C=O) groups excluding carboxylic acids is 1. The molecular weight excluding hydrogens is 337 g/mol. The fraction of sp³-hybridized carbons (Fsp3) is 0.300. The monoisotopic (exact) mass is 359 g/mol. The van der Waals surface area contributed by atoms with Gasteiger partial charge in [-0.1, -0.05) is 42.5 Å². The van der Waals surface area contributed by atoms with Gasteiger partial charge in [-0.15, -0.1) is 0 Å². The van der Waals surface area contributed by atoms with Crippen LogP contribution in [0.1, 0.15) is 17.5 Å². The van der Waals surface area contributed by atoms with E-state index in [-0.39, 0.29) is 30.9 Å². The van der Waals surface area contributed by atoms with Crippen molar-refractivity contribution in [1.29, 1.82) is 0 Å². The average Bonchev–Trinajstić information content (AvgIpc) is 2.65. The SMILES string of the molecule is COc1cccc(CCC(=O)N(C)C(Cc2ccccc2)C(=O)O)c1F. The molecule has 0 saturated heterocycles. The highest BCUT2D eigenvalue weighted by Gasteiger charge is 2.26. The highest BCUT2D eigenvalue weighted by atomic mass is 19.1. The maximum absolute atomic E-state index is 14.2. The summed E-state index contributed by atoms with van der Waals surface area (Å²) in [5.41, 5.74) is 1.19. The van der Waals surface area contributed by atoms with Crippen molar-refractivity contribution in [2.24, 2.45) is 0 Å². The lowest BCUT2D eigenvalue weighted by Crippen LogP contribution is -2.43. The highest BCUT2D eigenvalue weighted by Crippen LogP contribution is 2.21. The molecule has 1 unspecified atom stereocenters. The van der Waals surface area contributed by atoms with E-state index in [0.29, 0.717) is 5.56 Å². The number of ether oxygens (including phenoxy) is 1. The number of aliphatic carboxylic acids is 1. The number of likely N-dealkylation sites (N-methyl/N-ethyl adjacent to an activating group) is 1. The molecule has 2 rings (SSSR count). The van der Waals surface area contributed by atoms with Crippen molar-refractivity contribution >= 4 is 11.9 Å². The van der Waals surface area contributed by atoms with Gasteiger partial charge in [-0.05, 0) is 23.6 Å². The number of benzene rings is 2. The predicted molar refractivity (Wildman–Crippen MR) is 95.6 cm³/mol. The van der Waals surface area contributed by atoms with Crippen molar-refractivity contribution in [3.63, 3.8) is 0 Å². The molecule has 0 saturated carbocycles. The molecule has 5 nitrogen and oxygen atoms in total. The summed E-state index contributed by atoms with van der Waals surface area (Å²) < 4.78 is 19.1. The normalized spacial score (nSPS) is 11.7. The third-order valence-corrected chi connectivity index (χ3v) is 4.29. The van der Waals surface area contributed by atoms with Crippen molar-refractivity contribution in [2.45, 2.75) is 25.3 Å². The molecule has 0 aliphatic carbocycles. The van der Waals surface area contributed by atoms with Crippen molar-refractivity contribution in [3.05, 3.63) is 65.5 Å². The average molecular weight is 359 g/mol. The first-order valence-electron chi connectivity index (χ1n) is 8.27. The van der Waals surface area contributed by atoms with Gasteiger partial charge in [-0.25, -0.2) is 9.18 Å². The maximum atomic E-state index is 14.2. The number of methoxy groups -OCH3 is 1. The fourth-order valence-electron chi connectivity index (χ4n) is 2.73. The number of rotatable bonds is 8. The molecule has 0 aliphatic heterocycles. The summed E-state index contributed by atoms with van der Waals surface area (Å²) in [6.45, 7) is 0. The zero-order chi connectivity index (χ0) is 19.1. The summed E-state index contributed by atoms with van der Waals surface area (Å²) in [4.78, 5) is 25.2. The summed E-state index contributed by atoms with van der Waals surface area (Å²) in [5, 5.41) is 9.48. The van der Waals surface area contributed by atoms with E-state index < -0.39 is 17.8 Å². The van der Waals surface area contributed by atoms with E-state index >= 15 is 0 Å². The van der Waals surface area contributed by atoms with Crippen LogP contribution in [0, 0.1) is 5.82 Å². The Balaban J connectivity index is 2.03. The van der Waals surface area contributed by atoms with Crippen LogP contribution >= 0.6 is 0 Å². The van der Waals surface area contributed by atoms with Crippen LogP contribution in [0.15, 0.2) is 48.5 Å². The number of carboxylic acid groups (broad SMARTS) is 1. The second-order valence-corrected chi connectivity index (χ2v) is 5.98. The Morgan fingerprint density at radius 3 is 2.46 bits per heavy atom. The van der Waals surface area contributed by atoms with E-state index in [1.807, 2.05) is 30.3 Å². The highest BCUT2D eigenvalue weighted by molar-refractivity contribution is 5.83. The van der Waals surface area contributed by atoms with Gasteiger partial charge in [0.15, 0.2) is 11.6 Å². The largest absolute Gasteiger partial charge is 0.494 e. The summed E-state index contributed by atoms with van der Waals surface area (Å²) in [5.74, 6) is -1.80. The summed E-state index contributed by atoms with van der Waals surface area (Å²) >= 11 is 0. The number of hydrogen-bond acceptors (Lipinski definition) is 3. The second-order valence-electron chi connectivity index (χ2n) is 5.98. The first-order valence-corrected chi connectivity index (χ1v) is 8.27. The van der Waals surface area contributed by atoms with Gasteiger partial charge in [0.25, 0.3) is 0 Å². The topological polar surface area (TPSA) is 66.8 Å². The lowest BCUT2D eigenvalue weighted by molar-refractivity contribution is -0.149. The summed E-state index contributed by atoms with van der Waals surface area (Å²) in [6, 6.07) is 12.9. The molecule has 0 heterocycles. The van der Waals surface area contributed by atoms with Crippen LogP contribution in [-0.2, 0) is 22.4 Å². The number of hydrogen-bond donors (Lipinski definition) is 1. The third-order valence-electron chi connectivity index (χ3n) is 4.29. The number of amides is 1. The number of nitrogens with zero attached hydrogens (tertiary/aromatic N) is 1. The Morgan fingerprint density at radius 1 is 1.15 bits per heavy atom. The van der Waals surface area contributed by atoms with E-state index in [4.69, 9.17) is 4.74 Å². The van der Waals surface area contributed by atoms with Crippen LogP contribution < -0.4 is 4.74 Å². The maximum Gasteiger partial charge on any atom is 0.326 e. The molecule has 0 fully saturated rings. The quantitative estimate of drug-likeness (QED) is 0.787. The molecule has 138 valence electrons. The molecule has 2 aromatic rings. The van der Waals surface area contributed by atoms with Crippen molar-refractivity contribution in [3.8, 4) is 5.75 Å². The molecule has 0 radical (unpaired) electrons. The van der Waals surface area contributed by atoms with Gasteiger partial charge in [-0.3, -0.25) is 4.79 Å². The van der Waals surface area contributed by atoms with Crippen LogP contribution in [0.5, 0.6) is 5.75 Å². The molecule has 26 heavy (non-hydrogen) atoms. The molecule has 1 N–H and O–H groups in total. The molecule has 0 bridgehead atoms. The van der Waals surface area contributed by atoms with Crippen LogP contribution in [0.4, 0.5) is 4.39 Å². The number of carboxylic acids is 1. The van der Waals surface area contributed by atoms with Gasteiger partial charge in [-0.2, -0.15) is 0 Å². The number of halogens is 1. The minimum atomic E-state index is -1.07. The molecular formula is C20H22FNO4. The van der Waals surface area contributed by atoms with Crippen LogP contribution in [0.3, 0.4) is 0 Å². The Hall–Kier alpha value is -2.89. The molecule has 1 amide bonds. The smallest absolute Gasteiger partial charge is 0.326 e.